The van der Waals surface area contributed by atoms with Gasteiger partial charge in [-0.3, -0.25) is 14.4 Å². The van der Waals surface area contributed by atoms with Crippen molar-refractivity contribution < 1.29 is 17.7 Å². The summed E-state index contributed by atoms with van der Waals surface area (Å²) in [6.07, 6.45) is 1.65. The lowest BCUT2D eigenvalue weighted by Gasteiger charge is -2.11. The molecule has 0 spiro atoms. The Morgan fingerprint density at radius 1 is 1.16 bits per heavy atom. The van der Waals surface area contributed by atoms with Gasteiger partial charge >= 0.3 is 5.56 Å². The van der Waals surface area contributed by atoms with E-state index in [0.717, 1.165) is 23.1 Å². The molecule has 0 fully saturated rings. The van der Waals surface area contributed by atoms with Gasteiger partial charge in [0.1, 0.15) is 0 Å². The first-order valence-electron chi connectivity index (χ1n) is 9.38. The molecule has 0 bridgehead atoms. The molecule has 0 aliphatic carbocycles. The van der Waals surface area contributed by atoms with E-state index in [1.54, 1.807) is 6.92 Å². The molecule has 2 heterocycles. The van der Waals surface area contributed by atoms with Gasteiger partial charge in [-0.25, -0.2) is 4.98 Å². The Morgan fingerprint density at radius 3 is 2.42 bits per heavy atom. The second-order valence-corrected chi connectivity index (χ2v) is 8.16. The number of benzene rings is 1. The van der Waals surface area contributed by atoms with Crippen LogP contribution in [0.2, 0.25) is 0 Å². The summed E-state index contributed by atoms with van der Waals surface area (Å²) >= 11 is 0. The van der Waals surface area contributed by atoms with E-state index >= 15 is 0 Å². The van der Waals surface area contributed by atoms with Gasteiger partial charge in [-0.1, -0.05) is 13.3 Å². The van der Waals surface area contributed by atoms with Crippen molar-refractivity contribution in [3.63, 3.8) is 0 Å². The second kappa shape index (κ2) is 8.78. The standard InChI is InChI=1S/C19H22N6O5S/c1-5-6-15-11(2)20-19(21-17(15)30-4)25-18(26)16(12(3)24-25)23-22-13-7-9-14(10-8-13)31(27,28)29/h7-10,24H,5-6H2,1-4H3,(H,27,28,29). The van der Waals surface area contributed by atoms with Crippen molar-refractivity contribution in [2.75, 3.05) is 7.11 Å². The van der Waals surface area contributed by atoms with Crippen molar-refractivity contribution in [3.05, 3.63) is 51.6 Å². The van der Waals surface area contributed by atoms with E-state index in [1.165, 1.54) is 31.4 Å². The van der Waals surface area contributed by atoms with Crippen LogP contribution in [0.25, 0.3) is 5.95 Å². The van der Waals surface area contributed by atoms with Crippen molar-refractivity contribution in [2.45, 2.75) is 38.5 Å². The molecule has 12 heteroatoms. The second-order valence-electron chi connectivity index (χ2n) is 6.74. The zero-order chi connectivity index (χ0) is 22.8. The fourth-order valence-corrected chi connectivity index (χ4v) is 3.43. The number of aromatic amines is 1. The lowest BCUT2D eigenvalue weighted by atomic mass is 10.1. The molecular weight excluding hydrogens is 424 g/mol. The Bertz CT molecular complexity index is 1290. The lowest BCUT2D eigenvalue weighted by Crippen LogP contribution is -2.18. The molecule has 0 atom stereocenters. The molecule has 0 aliphatic rings. The predicted molar refractivity (Wildman–Crippen MR) is 112 cm³/mol. The number of azo groups is 1. The molecule has 0 amide bonds. The Kier molecular flexibility index (Phi) is 6.32. The maximum atomic E-state index is 12.9. The van der Waals surface area contributed by atoms with Gasteiger partial charge in [0.2, 0.25) is 5.88 Å². The monoisotopic (exact) mass is 446 g/mol. The first-order chi connectivity index (χ1) is 14.7. The average molecular weight is 446 g/mol. The van der Waals surface area contributed by atoms with E-state index in [2.05, 4.69) is 25.3 Å². The molecule has 1 aromatic carbocycles. The van der Waals surface area contributed by atoms with Crippen molar-refractivity contribution in [3.8, 4) is 11.8 Å². The third kappa shape index (κ3) is 4.70. The zero-order valence-corrected chi connectivity index (χ0v) is 18.3. The van der Waals surface area contributed by atoms with E-state index in [0.29, 0.717) is 23.0 Å². The van der Waals surface area contributed by atoms with Gasteiger partial charge in [-0.2, -0.15) is 23.2 Å². The first-order valence-corrected chi connectivity index (χ1v) is 10.8. The Balaban J connectivity index is 1.97. The van der Waals surface area contributed by atoms with Gasteiger partial charge in [0.25, 0.3) is 16.1 Å². The number of aromatic nitrogens is 4. The lowest BCUT2D eigenvalue weighted by molar-refractivity contribution is 0.388. The minimum atomic E-state index is -4.30. The molecule has 0 saturated heterocycles. The van der Waals surface area contributed by atoms with Crippen LogP contribution < -0.4 is 10.3 Å². The molecule has 11 nitrogen and oxygen atoms in total. The van der Waals surface area contributed by atoms with Crippen LogP contribution in [-0.4, -0.2) is 39.8 Å². The number of aryl methyl sites for hydroxylation is 2. The summed E-state index contributed by atoms with van der Waals surface area (Å²) in [6, 6.07) is 5.09. The molecule has 3 aromatic rings. The number of hydrogen-bond donors (Lipinski definition) is 2. The van der Waals surface area contributed by atoms with Crippen LogP contribution in [0.3, 0.4) is 0 Å². The van der Waals surface area contributed by atoms with Crippen LogP contribution in [0.15, 0.2) is 44.2 Å². The molecule has 0 unspecified atom stereocenters. The topological polar surface area (TPSA) is 152 Å². The van der Waals surface area contributed by atoms with Gasteiger partial charge in [0, 0.05) is 11.3 Å². The van der Waals surface area contributed by atoms with Gasteiger partial charge in [0.05, 0.1) is 23.4 Å². The van der Waals surface area contributed by atoms with Gasteiger partial charge in [0.15, 0.2) is 5.69 Å². The molecule has 0 radical (unpaired) electrons. The van der Waals surface area contributed by atoms with Gasteiger partial charge < -0.3 is 4.74 Å². The summed E-state index contributed by atoms with van der Waals surface area (Å²) in [6.45, 7) is 5.53. The SMILES string of the molecule is CCCc1c(C)nc(-n2[nH]c(C)c(N=Nc3ccc(S(=O)(=O)O)cc3)c2=O)nc1OC. The van der Waals surface area contributed by atoms with E-state index in [-0.39, 0.29) is 16.5 Å². The van der Waals surface area contributed by atoms with Crippen LogP contribution in [0.5, 0.6) is 5.88 Å². The average Bonchev–Trinajstić information content (AvgIpc) is 3.01. The number of nitrogens with zero attached hydrogens (tertiary/aromatic N) is 5. The molecule has 164 valence electrons. The highest BCUT2D eigenvalue weighted by Gasteiger charge is 2.18. The summed E-state index contributed by atoms with van der Waals surface area (Å²) in [5, 5.41) is 10.8. The quantitative estimate of drug-likeness (QED) is 0.417. The normalized spacial score (nSPS) is 11.9. The summed E-state index contributed by atoms with van der Waals surface area (Å²) in [5.41, 5.74) is 1.90. The van der Waals surface area contributed by atoms with Crippen molar-refractivity contribution >= 4 is 21.5 Å². The highest BCUT2D eigenvalue weighted by molar-refractivity contribution is 7.85. The summed E-state index contributed by atoms with van der Waals surface area (Å²) < 4.78 is 37.8. The maximum absolute atomic E-state index is 12.9. The number of methoxy groups -OCH3 is 1. The Hall–Kier alpha value is -3.38. The fourth-order valence-electron chi connectivity index (χ4n) is 2.95. The number of rotatable bonds is 7. The number of hydrogen-bond acceptors (Lipinski definition) is 8. The smallest absolute Gasteiger partial charge is 0.301 e. The number of nitrogens with one attached hydrogen (secondary N) is 1. The predicted octanol–water partition coefficient (Wildman–Crippen LogP) is 3.20. The zero-order valence-electron chi connectivity index (χ0n) is 17.4. The van der Waals surface area contributed by atoms with Crippen molar-refractivity contribution in [1.82, 2.24) is 19.7 Å². The van der Waals surface area contributed by atoms with Crippen LogP contribution in [-0.2, 0) is 16.5 Å². The summed E-state index contributed by atoms with van der Waals surface area (Å²) in [5.74, 6) is 0.534. The highest BCUT2D eigenvalue weighted by atomic mass is 32.2. The fraction of sp³-hybridized carbons (Fsp3) is 0.316. The van der Waals surface area contributed by atoms with Gasteiger partial charge in [-0.05, 0) is 44.5 Å². The van der Waals surface area contributed by atoms with Crippen LogP contribution in [0, 0.1) is 13.8 Å². The number of ether oxygens (including phenoxy) is 1. The highest BCUT2D eigenvalue weighted by Crippen LogP contribution is 2.23. The maximum Gasteiger partial charge on any atom is 0.301 e. The van der Waals surface area contributed by atoms with Crippen LogP contribution in [0.1, 0.15) is 30.3 Å². The van der Waals surface area contributed by atoms with Gasteiger partial charge in [-0.15, -0.1) is 5.11 Å². The van der Waals surface area contributed by atoms with Crippen LogP contribution in [0.4, 0.5) is 11.4 Å². The minimum absolute atomic E-state index is 0.0525. The molecule has 0 saturated carbocycles. The van der Waals surface area contributed by atoms with E-state index in [4.69, 9.17) is 9.29 Å². The molecule has 0 aliphatic heterocycles. The van der Waals surface area contributed by atoms with E-state index < -0.39 is 15.7 Å². The first kappa shape index (κ1) is 22.3. The van der Waals surface area contributed by atoms with Crippen LogP contribution >= 0.6 is 0 Å². The van der Waals surface area contributed by atoms with Crippen molar-refractivity contribution in [2.24, 2.45) is 10.2 Å². The molecule has 2 aromatic heterocycles. The summed E-state index contributed by atoms with van der Waals surface area (Å²) in [4.78, 5) is 21.4. The Labute approximate surface area is 178 Å². The third-order valence-electron chi connectivity index (χ3n) is 4.50. The molecule has 2 N–H and O–H groups in total. The summed E-state index contributed by atoms with van der Waals surface area (Å²) in [7, 11) is -2.78. The largest absolute Gasteiger partial charge is 0.481 e. The number of H-pyrrole nitrogens is 1. The minimum Gasteiger partial charge on any atom is -0.481 e. The molecule has 31 heavy (non-hydrogen) atoms. The molecule has 3 rings (SSSR count). The third-order valence-corrected chi connectivity index (χ3v) is 5.37. The Morgan fingerprint density at radius 2 is 1.84 bits per heavy atom. The van der Waals surface area contributed by atoms with E-state index in [1.807, 2.05) is 13.8 Å². The molecular formula is C19H22N6O5S. The van der Waals surface area contributed by atoms with E-state index in [9.17, 15) is 13.2 Å². The van der Waals surface area contributed by atoms with Crippen molar-refractivity contribution in [1.29, 1.82) is 0 Å².